The van der Waals surface area contributed by atoms with Crippen LogP contribution in [0.5, 0.6) is 0 Å². The van der Waals surface area contributed by atoms with Gasteiger partial charge >= 0.3 is 0 Å². The van der Waals surface area contributed by atoms with Gasteiger partial charge in [-0.15, -0.1) is 0 Å². The van der Waals surface area contributed by atoms with Gasteiger partial charge in [0, 0.05) is 10.7 Å². The average molecular weight is 292 g/mol. The van der Waals surface area contributed by atoms with Gasteiger partial charge in [-0.1, -0.05) is 37.3 Å². The van der Waals surface area contributed by atoms with E-state index in [9.17, 15) is 0 Å². The summed E-state index contributed by atoms with van der Waals surface area (Å²) in [6, 6.07) is 8.35. The maximum absolute atomic E-state index is 6.13. The molecule has 3 rings (SSSR count). The minimum atomic E-state index is 0.425. The van der Waals surface area contributed by atoms with Crippen molar-refractivity contribution in [1.82, 2.24) is 0 Å². The molecule has 1 atom stereocenters. The largest absolute Gasteiger partial charge is 0.370 e. The SMILES string of the molecule is NC1=NCC(C2CCCCCC2)N1c1ccc(Cl)cc1. The van der Waals surface area contributed by atoms with Crippen LogP contribution >= 0.6 is 11.6 Å². The van der Waals surface area contributed by atoms with Gasteiger partial charge < -0.3 is 10.6 Å². The Morgan fingerprint density at radius 1 is 1.05 bits per heavy atom. The van der Waals surface area contributed by atoms with Crippen molar-refractivity contribution in [2.45, 2.75) is 44.6 Å². The zero-order chi connectivity index (χ0) is 13.9. The first-order chi connectivity index (χ1) is 9.75. The summed E-state index contributed by atoms with van der Waals surface area (Å²) in [6.45, 7) is 0.832. The molecule has 0 spiro atoms. The maximum Gasteiger partial charge on any atom is 0.196 e. The van der Waals surface area contributed by atoms with Gasteiger partial charge in [0.2, 0.25) is 0 Å². The molecule has 1 saturated carbocycles. The van der Waals surface area contributed by atoms with Crippen LogP contribution in [0.4, 0.5) is 5.69 Å². The number of rotatable bonds is 2. The van der Waals surface area contributed by atoms with Gasteiger partial charge in [-0.3, -0.25) is 4.99 Å². The fourth-order valence-electron chi connectivity index (χ4n) is 3.50. The number of guanidine groups is 1. The Hall–Kier alpha value is -1.22. The number of nitrogens with zero attached hydrogens (tertiary/aromatic N) is 2. The first-order valence-corrected chi connectivity index (χ1v) is 7.98. The van der Waals surface area contributed by atoms with E-state index >= 15 is 0 Å². The highest BCUT2D eigenvalue weighted by Gasteiger charge is 2.33. The lowest BCUT2D eigenvalue weighted by atomic mass is 9.91. The molecule has 3 nitrogen and oxygen atoms in total. The van der Waals surface area contributed by atoms with Crippen molar-refractivity contribution < 1.29 is 0 Å². The second kappa shape index (κ2) is 6.04. The molecule has 0 amide bonds. The number of halogens is 1. The van der Waals surface area contributed by atoms with Crippen molar-refractivity contribution >= 4 is 23.2 Å². The third-order valence-electron chi connectivity index (χ3n) is 4.57. The molecule has 1 fully saturated rings. The maximum atomic E-state index is 6.13. The third-order valence-corrected chi connectivity index (χ3v) is 4.82. The highest BCUT2D eigenvalue weighted by Crippen LogP contribution is 2.33. The zero-order valence-electron chi connectivity index (χ0n) is 11.8. The Labute approximate surface area is 125 Å². The fraction of sp³-hybridized carbons (Fsp3) is 0.562. The van der Waals surface area contributed by atoms with Crippen molar-refractivity contribution in [2.24, 2.45) is 16.6 Å². The number of hydrogen-bond acceptors (Lipinski definition) is 3. The van der Waals surface area contributed by atoms with Gasteiger partial charge in [0.1, 0.15) is 0 Å². The van der Waals surface area contributed by atoms with E-state index in [1.165, 1.54) is 38.5 Å². The summed E-state index contributed by atoms with van der Waals surface area (Å²) in [7, 11) is 0. The van der Waals surface area contributed by atoms with E-state index in [-0.39, 0.29) is 0 Å². The molecule has 0 radical (unpaired) electrons. The van der Waals surface area contributed by atoms with Crippen LogP contribution < -0.4 is 10.6 Å². The summed E-state index contributed by atoms with van der Waals surface area (Å²) < 4.78 is 0. The minimum Gasteiger partial charge on any atom is -0.370 e. The zero-order valence-corrected chi connectivity index (χ0v) is 12.5. The summed E-state index contributed by atoms with van der Waals surface area (Å²) in [5.41, 5.74) is 7.24. The van der Waals surface area contributed by atoms with Crippen molar-refractivity contribution in [3.05, 3.63) is 29.3 Å². The second-order valence-electron chi connectivity index (χ2n) is 5.86. The van der Waals surface area contributed by atoms with E-state index in [0.717, 1.165) is 17.3 Å². The monoisotopic (exact) mass is 291 g/mol. The lowest BCUT2D eigenvalue weighted by Gasteiger charge is -2.32. The van der Waals surface area contributed by atoms with E-state index in [0.29, 0.717) is 17.9 Å². The predicted octanol–water partition coefficient (Wildman–Crippen LogP) is 3.81. The van der Waals surface area contributed by atoms with Crippen molar-refractivity contribution in [3.63, 3.8) is 0 Å². The smallest absolute Gasteiger partial charge is 0.196 e. The average Bonchev–Trinajstić information content (AvgIpc) is 2.67. The molecule has 1 aromatic rings. The van der Waals surface area contributed by atoms with Crippen LogP contribution in [-0.2, 0) is 0 Å². The summed E-state index contributed by atoms with van der Waals surface area (Å²) in [5, 5.41) is 0.759. The lowest BCUT2D eigenvalue weighted by molar-refractivity contribution is 0.389. The first kappa shape index (κ1) is 13.7. The summed E-state index contributed by atoms with van der Waals surface area (Å²) >= 11 is 5.98. The molecular weight excluding hydrogens is 270 g/mol. The molecule has 20 heavy (non-hydrogen) atoms. The van der Waals surface area contributed by atoms with Crippen LogP contribution in [0.1, 0.15) is 38.5 Å². The van der Waals surface area contributed by atoms with Crippen LogP contribution in [0.25, 0.3) is 0 Å². The van der Waals surface area contributed by atoms with Gasteiger partial charge in [0.25, 0.3) is 0 Å². The van der Waals surface area contributed by atoms with E-state index in [1.807, 2.05) is 24.3 Å². The van der Waals surface area contributed by atoms with Crippen LogP contribution in [0.15, 0.2) is 29.3 Å². The van der Waals surface area contributed by atoms with Crippen LogP contribution in [0.3, 0.4) is 0 Å². The van der Waals surface area contributed by atoms with Crippen molar-refractivity contribution in [2.75, 3.05) is 11.4 Å². The van der Waals surface area contributed by atoms with E-state index < -0.39 is 0 Å². The number of benzene rings is 1. The van der Waals surface area contributed by atoms with E-state index in [2.05, 4.69) is 9.89 Å². The molecule has 1 aliphatic heterocycles. The topological polar surface area (TPSA) is 41.6 Å². The molecule has 108 valence electrons. The molecule has 1 heterocycles. The predicted molar refractivity (Wildman–Crippen MR) is 85.4 cm³/mol. The Kier molecular flexibility index (Phi) is 4.16. The Morgan fingerprint density at radius 2 is 1.70 bits per heavy atom. The lowest BCUT2D eigenvalue weighted by Crippen LogP contribution is -2.44. The van der Waals surface area contributed by atoms with Crippen molar-refractivity contribution in [1.29, 1.82) is 0 Å². The molecule has 1 aliphatic carbocycles. The van der Waals surface area contributed by atoms with Gasteiger partial charge in [-0.25, -0.2) is 0 Å². The van der Waals surface area contributed by atoms with Crippen LogP contribution in [-0.4, -0.2) is 18.5 Å². The van der Waals surface area contributed by atoms with Gasteiger partial charge in [-0.2, -0.15) is 0 Å². The molecule has 0 aromatic heterocycles. The molecule has 4 heteroatoms. The fourth-order valence-corrected chi connectivity index (χ4v) is 3.62. The van der Waals surface area contributed by atoms with E-state index in [4.69, 9.17) is 17.3 Å². The first-order valence-electron chi connectivity index (χ1n) is 7.60. The summed E-state index contributed by atoms with van der Waals surface area (Å²) in [5.74, 6) is 1.36. The highest BCUT2D eigenvalue weighted by atomic mass is 35.5. The Morgan fingerprint density at radius 3 is 2.35 bits per heavy atom. The third kappa shape index (κ3) is 2.78. The Bertz CT molecular complexity index is 475. The summed E-state index contributed by atoms with van der Waals surface area (Å²) in [4.78, 5) is 6.71. The molecular formula is C16H22ClN3. The molecule has 2 aliphatic rings. The number of aliphatic imine (C=N–C) groups is 1. The summed E-state index contributed by atoms with van der Waals surface area (Å²) in [6.07, 6.45) is 8.04. The highest BCUT2D eigenvalue weighted by molar-refractivity contribution is 6.30. The second-order valence-corrected chi connectivity index (χ2v) is 6.30. The molecule has 0 saturated heterocycles. The van der Waals surface area contributed by atoms with Gasteiger partial charge in [0.15, 0.2) is 5.96 Å². The Balaban J connectivity index is 1.82. The van der Waals surface area contributed by atoms with Gasteiger partial charge in [0.05, 0.1) is 12.6 Å². The molecule has 1 aromatic carbocycles. The number of anilines is 1. The number of nitrogens with two attached hydrogens (primary N) is 1. The van der Waals surface area contributed by atoms with Crippen LogP contribution in [0.2, 0.25) is 5.02 Å². The molecule has 0 bridgehead atoms. The van der Waals surface area contributed by atoms with E-state index in [1.54, 1.807) is 0 Å². The standard InChI is InChI=1S/C16H22ClN3/c17-13-7-9-14(10-8-13)20-15(11-19-16(20)18)12-5-3-1-2-4-6-12/h7-10,12,15H,1-6,11H2,(H2,18,19). The molecule has 2 N–H and O–H groups in total. The molecule has 1 unspecified atom stereocenters. The van der Waals surface area contributed by atoms with Gasteiger partial charge in [-0.05, 0) is 43.0 Å². The normalized spacial score (nSPS) is 24.6. The van der Waals surface area contributed by atoms with Crippen molar-refractivity contribution in [3.8, 4) is 0 Å². The quantitative estimate of drug-likeness (QED) is 0.842. The van der Waals surface area contributed by atoms with Crippen LogP contribution in [0, 0.1) is 5.92 Å². The number of hydrogen-bond donors (Lipinski definition) is 1. The minimum absolute atomic E-state index is 0.425.